The van der Waals surface area contributed by atoms with Crippen molar-refractivity contribution in [3.63, 3.8) is 0 Å². The lowest BCUT2D eigenvalue weighted by molar-refractivity contribution is -0.193. The summed E-state index contributed by atoms with van der Waals surface area (Å²) < 4.78 is 6.18. The Kier molecular flexibility index (Phi) is 11.8. The lowest BCUT2D eigenvalue weighted by atomic mass is 9.43. The minimum Gasteiger partial charge on any atom is -0.460 e. The molecule has 0 bridgehead atoms. The number of benzene rings is 1. The van der Waals surface area contributed by atoms with Crippen LogP contribution in [-0.2, 0) is 16.1 Å². The predicted octanol–water partition coefficient (Wildman–Crippen LogP) is 10.8. The molecule has 0 spiro atoms. The van der Waals surface area contributed by atoms with Gasteiger partial charge in [-0.05, 0) is 85.0 Å². The molecule has 212 valence electrons. The second kappa shape index (κ2) is 13.7. The third kappa shape index (κ3) is 6.30. The van der Waals surface area contributed by atoms with Crippen LogP contribution >= 0.6 is 0 Å². The monoisotopic (exact) mass is 512 g/mol. The van der Waals surface area contributed by atoms with Gasteiger partial charge in [-0.3, -0.25) is 4.79 Å². The first-order valence-corrected chi connectivity index (χ1v) is 15.8. The zero-order valence-corrected chi connectivity index (χ0v) is 26.1. The number of hydrogen-bond donors (Lipinski definition) is 0. The molecule has 2 heteroatoms. The Labute approximate surface area is 230 Å². The molecule has 37 heavy (non-hydrogen) atoms. The van der Waals surface area contributed by atoms with Gasteiger partial charge in [0.05, 0.1) is 5.41 Å². The van der Waals surface area contributed by atoms with Crippen molar-refractivity contribution in [2.24, 2.45) is 33.5 Å². The first kappa shape index (κ1) is 31.9. The normalized spacial score (nSPS) is 22.5. The molecule has 0 N–H and O–H groups in total. The maximum absolute atomic E-state index is 14.1. The van der Waals surface area contributed by atoms with Gasteiger partial charge in [0.15, 0.2) is 0 Å². The second-order valence-electron chi connectivity index (χ2n) is 12.9. The molecule has 2 rings (SSSR count). The molecule has 0 saturated heterocycles. The fraction of sp³-hybridized carbons (Fsp3) is 0.800. The number of esters is 1. The molecule has 1 fully saturated rings. The first-order valence-electron chi connectivity index (χ1n) is 15.8. The molecule has 4 atom stereocenters. The van der Waals surface area contributed by atoms with E-state index in [1.54, 1.807) is 0 Å². The van der Waals surface area contributed by atoms with Gasteiger partial charge in [-0.2, -0.15) is 0 Å². The van der Waals surface area contributed by atoms with Gasteiger partial charge in [0.1, 0.15) is 6.61 Å². The topological polar surface area (TPSA) is 26.3 Å². The van der Waals surface area contributed by atoms with Crippen molar-refractivity contribution < 1.29 is 9.53 Å². The number of hydrogen-bond acceptors (Lipinski definition) is 2. The fourth-order valence-corrected chi connectivity index (χ4v) is 8.43. The molecule has 0 amide bonds. The van der Waals surface area contributed by atoms with E-state index < -0.39 is 0 Å². The van der Waals surface area contributed by atoms with E-state index in [0.29, 0.717) is 23.9 Å². The van der Waals surface area contributed by atoms with Crippen LogP contribution in [0.2, 0.25) is 0 Å². The van der Waals surface area contributed by atoms with Crippen molar-refractivity contribution in [1.29, 1.82) is 0 Å². The number of ether oxygens (including phenoxy) is 1. The summed E-state index contributed by atoms with van der Waals surface area (Å²) in [4.78, 5) is 14.1. The van der Waals surface area contributed by atoms with Gasteiger partial charge >= 0.3 is 5.97 Å². The molecule has 1 aliphatic carbocycles. The van der Waals surface area contributed by atoms with Gasteiger partial charge in [0.25, 0.3) is 0 Å². The summed E-state index contributed by atoms with van der Waals surface area (Å²) in [6.07, 6.45) is 13.8. The van der Waals surface area contributed by atoms with E-state index in [1.165, 1.54) is 38.5 Å². The van der Waals surface area contributed by atoms with Crippen LogP contribution in [0.5, 0.6) is 0 Å². The Hall–Kier alpha value is -1.31. The van der Waals surface area contributed by atoms with Gasteiger partial charge in [0, 0.05) is 0 Å². The molecular formula is C35H60O2. The van der Waals surface area contributed by atoms with Crippen molar-refractivity contribution in [3.8, 4) is 0 Å². The van der Waals surface area contributed by atoms with Crippen LogP contribution < -0.4 is 0 Å². The largest absolute Gasteiger partial charge is 0.460 e. The van der Waals surface area contributed by atoms with Crippen molar-refractivity contribution in [3.05, 3.63) is 35.9 Å². The Morgan fingerprint density at radius 1 is 0.946 bits per heavy atom. The molecule has 1 aromatic carbocycles. The Balaban J connectivity index is 2.45. The molecule has 1 saturated carbocycles. The standard InChI is InChI=1S/C35H60O2/c1-10-22-34(16-7,28(8)25-32(9,12-3)13-4)30(11-2)26-35(24-23-33(35,14-5)15-6)31(36)37-27-29-20-18-17-19-21-29/h17-21,28,30H,10-16,22-27H2,1-9H3. The number of carbonyl (C=O) groups excluding carboxylic acids is 1. The SMILES string of the molecule is CCCC(CC)(C(C)CC(C)(CC)CC)C(CC)CC1(C(=O)OCc2ccccc2)CCC1(CC)CC. The fourth-order valence-electron chi connectivity index (χ4n) is 8.43. The molecule has 0 aromatic heterocycles. The van der Waals surface area contributed by atoms with Gasteiger partial charge in [-0.15, -0.1) is 0 Å². The van der Waals surface area contributed by atoms with Crippen molar-refractivity contribution in [2.45, 2.75) is 146 Å². The van der Waals surface area contributed by atoms with Crippen LogP contribution in [0.25, 0.3) is 0 Å². The zero-order chi connectivity index (χ0) is 27.7. The summed E-state index contributed by atoms with van der Waals surface area (Å²) in [5.41, 5.74) is 1.47. The van der Waals surface area contributed by atoms with E-state index in [0.717, 1.165) is 44.1 Å². The highest BCUT2D eigenvalue weighted by Gasteiger charge is 2.63. The van der Waals surface area contributed by atoms with E-state index >= 15 is 0 Å². The first-order chi connectivity index (χ1) is 17.6. The summed E-state index contributed by atoms with van der Waals surface area (Å²) >= 11 is 0. The van der Waals surface area contributed by atoms with E-state index in [9.17, 15) is 4.79 Å². The summed E-state index contributed by atoms with van der Waals surface area (Å²) in [6, 6.07) is 10.2. The van der Waals surface area contributed by atoms with Crippen molar-refractivity contribution in [1.82, 2.24) is 0 Å². The van der Waals surface area contributed by atoms with Crippen LogP contribution in [0, 0.1) is 33.5 Å². The molecule has 4 unspecified atom stereocenters. The smallest absolute Gasteiger partial charge is 0.312 e. The van der Waals surface area contributed by atoms with Crippen molar-refractivity contribution in [2.75, 3.05) is 0 Å². The molecule has 0 aliphatic heterocycles. The van der Waals surface area contributed by atoms with Crippen LogP contribution in [0.1, 0.15) is 145 Å². The highest BCUT2D eigenvalue weighted by atomic mass is 16.5. The summed E-state index contributed by atoms with van der Waals surface area (Å²) in [7, 11) is 0. The second-order valence-corrected chi connectivity index (χ2v) is 12.9. The molecule has 1 aliphatic rings. The maximum Gasteiger partial charge on any atom is 0.312 e. The summed E-state index contributed by atoms with van der Waals surface area (Å²) in [5.74, 6) is 1.25. The molecule has 0 heterocycles. The summed E-state index contributed by atoms with van der Waals surface area (Å²) in [5, 5.41) is 0. The molecule has 1 aromatic rings. The predicted molar refractivity (Wildman–Crippen MR) is 159 cm³/mol. The van der Waals surface area contributed by atoms with Gasteiger partial charge in [0.2, 0.25) is 0 Å². The molecular weight excluding hydrogens is 452 g/mol. The average molecular weight is 513 g/mol. The van der Waals surface area contributed by atoms with Gasteiger partial charge in [-0.1, -0.05) is 118 Å². The van der Waals surface area contributed by atoms with E-state index in [1.807, 2.05) is 18.2 Å². The van der Waals surface area contributed by atoms with Gasteiger partial charge in [-0.25, -0.2) is 0 Å². The van der Waals surface area contributed by atoms with E-state index in [2.05, 4.69) is 74.4 Å². The van der Waals surface area contributed by atoms with Crippen molar-refractivity contribution >= 4 is 5.97 Å². The quantitative estimate of drug-likeness (QED) is 0.194. The molecule has 2 nitrogen and oxygen atoms in total. The Morgan fingerprint density at radius 2 is 1.57 bits per heavy atom. The summed E-state index contributed by atoms with van der Waals surface area (Å²) in [6.45, 7) is 21.9. The van der Waals surface area contributed by atoms with Gasteiger partial charge < -0.3 is 4.74 Å². The lowest BCUT2D eigenvalue weighted by Crippen LogP contribution is -2.58. The third-order valence-corrected chi connectivity index (χ3v) is 11.8. The van der Waals surface area contributed by atoms with Crippen LogP contribution in [-0.4, -0.2) is 5.97 Å². The van der Waals surface area contributed by atoms with Crippen LogP contribution in [0.4, 0.5) is 0 Å². The van der Waals surface area contributed by atoms with Crippen LogP contribution in [0.3, 0.4) is 0 Å². The minimum atomic E-state index is -0.349. The highest BCUT2D eigenvalue weighted by molar-refractivity contribution is 5.79. The Morgan fingerprint density at radius 3 is 2.00 bits per heavy atom. The van der Waals surface area contributed by atoms with E-state index in [4.69, 9.17) is 4.74 Å². The third-order valence-electron chi connectivity index (χ3n) is 11.8. The zero-order valence-electron chi connectivity index (χ0n) is 26.1. The minimum absolute atomic E-state index is 0.0739. The lowest BCUT2D eigenvalue weighted by Gasteiger charge is -2.60. The average Bonchev–Trinajstić information content (AvgIpc) is 2.92. The Bertz CT molecular complexity index is 800. The molecule has 0 radical (unpaired) electrons. The number of rotatable bonds is 17. The maximum atomic E-state index is 14.1. The van der Waals surface area contributed by atoms with E-state index in [-0.39, 0.29) is 22.2 Å². The number of carbonyl (C=O) groups is 1. The van der Waals surface area contributed by atoms with Crippen LogP contribution in [0.15, 0.2) is 30.3 Å². The highest BCUT2D eigenvalue weighted by Crippen LogP contribution is 2.66.